The van der Waals surface area contributed by atoms with Gasteiger partial charge in [0.15, 0.2) is 14.1 Å². The molecule has 108 valence electrons. The van der Waals surface area contributed by atoms with Crippen LogP contribution in [0.2, 0.25) is 18.1 Å². The van der Waals surface area contributed by atoms with Crippen molar-refractivity contribution in [2.24, 2.45) is 17.3 Å². The molecule has 0 aromatic carbocycles. The average molecular weight is 280 g/mol. The van der Waals surface area contributed by atoms with Crippen LogP contribution in [-0.2, 0) is 9.22 Å². The summed E-state index contributed by atoms with van der Waals surface area (Å²) in [6.45, 7) is 17.8. The molecule has 0 unspecified atom stereocenters. The second kappa shape index (κ2) is 4.04. The lowest BCUT2D eigenvalue weighted by Crippen LogP contribution is -2.66. The van der Waals surface area contributed by atoms with E-state index in [1.807, 2.05) is 6.08 Å². The lowest BCUT2D eigenvalue weighted by atomic mass is 9.47. The molecule has 0 aromatic heterocycles. The fourth-order valence-electron chi connectivity index (χ4n) is 3.55. The van der Waals surface area contributed by atoms with Crippen molar-refractivity contribution in [3.63, 3.8) is 0 Å². The van der Waals surface area contributed by atoms with Crippen LogP contribution in [0, 0.1) is 17.3 Å². The molecule has 2 bridgehead atoms. The topological polar surface area (TPSA) is 26.3 Å². The molecule has 0 amide bonds. The molecule has 0 aromatic rings. The zero-order valence-corrected chi connectivity index (χ0v) is 14.6. The molecule has 0 heterocycles. The third kappa shape index (κ3) is 2.06. The largest absolute Gasteiger partial charge is 0.413 e. The fraction of sp³-hybridized carbons (Fsp3) is 0.812. The first-order valence-electron chi connectivity index (χ1n) is 7.29. The molecule has 0 radical (unpaired) electrons. The van der Waals surface area contributed by atoms with Gasteiger partial charge in [0, 0.05) is 5.92 Å². The van der Waals surface area contributed by atoms with E-state index in [2.05, 4.69) is 54.6 Å². The molecule has 0 saturated heterocycles. The summed E-state index contributed by atoms with van der Waals surface area (Å²) in [5.74, 6) is 0.758. The highest BCUT2D eigenvalue weighted by Gasteiger charge is 2.63. The molecule has 0 N–H and O–H groups in total. The van der Waals surface area contributed by atoms with Gasteiger partial charge in [-0.1, -0.05) is 40.2 Å². The molecule has 0 aliphatic heterocycles. The Morgan fingerprint density at radius 2 is 1.74 bits per heavy atom. The van der Waals surface area contributed by atoms with Crippen LogP contribution in [-0.4, -0.2) is 20.2 Å². The van der Waals surface area contributed by atoms with E-state index in [0.717, 1.165) is 0 Å². The van der Waals surface area contributed by atoms with E-state index in [1.165, 1.54) is 5.57 Å². The summed E-state index contributed by atoms with van der Waals surface area (Å²) in [6.07, 6.45) is 1.96. The van der Waals surface area contributed by atoms with E-state index < -0.39 is 8.32 Å². The number of carbonyl (C=O) groups is 1. The number of allylic oxidation sites excluding steroid dienone is 1. The van der Waals surface area contributed by atoms with E-state index in [0.29, 0.717) is 5.92 Å². The van der Waals surface area contributed by atoms with Gasteiger partial charge in [-0.05, 0) is 36.5 Å². The molecule has 3 aliphatic rings. The second-order valence-electron chi connectivity index (χ2n) is 8.41. The normalized spacial score (nSPS) is 33.8. The summed E-state index contributed by atoms with van der Waals surface area (Å²) < 4.78 is 6.56. The van der Waals surface area contributed by atoms with Crippen LogP contribution in [0.1, 0.15) is 41.5 Å². The number of ketones is 1. The van der Waals surface area contributed by atoms with Crippen molar-refractivity contribution >= 4 is 14.1 Å². The lowest BCUT2D eigenvalue weighted by molar-refractivity contribution is -0.162. The van der Waals surface area contributed by atoms with Crippen molar-refractivity contribution in [1.82, 2.24) is 0 Å². The first kappa shape index (κ1) is 15.0. The number of carbonyl (C=O) groups excluding carboxylic acids is 1. The van der Waals surface area contributed by atoms with Crippen LogP contribution in [0.25, 0.3) is 0 Å². The first-order valence-corrected chi connectivity index (χ1v) is 10.2. The Labute approximate surface area is 118 Å². The van der Waals surface area contributed by atoms with Gasteiger partial charge >= 0.3 is 0 Å². The Kier molecular flexibility index (Phi) is 3.19. The Bertz CT molecular complexity index is 440. The third-order valence-corrected chi connectivity index (χ3v) is 10.1. The van der Waals surface area contributed by atoms with Gasteiger partial charge in [0.25, 0.3) is 0 Å². The standard InChI is InChI=1S/C16H28O2Si/c1-10-9-11(17)13-14(12(10)16(13,5)6)18-19(7,8)15(2,3)4/h9,12-14H,1-8H3/t12-,13+,14-/m0/s1. The van der Waals surface area contributed by atoms with Crippen LogP contribution in [0.4, 0.5) is 0 Å². The maximum Gasteiger partial charge on any atom is 0.192 e. The zero-order chi connectivity index (χ0) is 14.8. The molecule has 2 nitrogen and oxygen atoms in total. The highest BCUT2D eigenvalue weighted by Crippen LogP contribution is 2.60. The molecule has 3 heteroatoms. The van der Waals surface area contributed by atoms with Gasteiger partial charge in [-0.15, -0.1) is 0 Å². The molecule has 0 spiro atoms. The molecule has 1 saturated carbocycles. The van der Waals surface area contributed by atoms with Crippen LogP contribution in [0.5, 0.6) is 0 Å². The molecule has 3 aliphatic carbocycles. The first-order chi connectivity index (χ1) is 8.39. The summed E-state index contributed by atoms with van der Waals surface area (Å²) in [7, 11) is -1.80. The highest BCUT2D eigenvalue weighted by atomic mass is 28.4. The third-order valence-electron chi connectivity index (χ3n) is 5.66. The summed E-state index contributed by atoms with van der Waals surface area (Å²) in [4.78, 5) is 12.3. The maximum atomic E-state index is 12.3. The molecular formula is C16H28O2Si. The van der Waals surface area contributed by atoms with Gasteiger partial charge in [0.1, 0.15) is 0 Å². The summed E-state index contributed by atoms with van der Waals surface area (Å²) in [6, 6.07) is 0. The van der Waals surface area contributed by atoms with Crippen LogP contribution in [0.15, 0.2) is 11.6 Å². The van der Waals surface area contributed by atoms with E-state index in [-0.39, 0.29) is 28.3 Å². The van der Waals surface area contributed by atoms with Gasteiger partial charge < -0.3 is 4.43 Å². The maximum absolute atomic E-state index is 12.3. The van der Waals surface area contributed by atoms with E-state index in [1.54, 1.807) is 0 Å². The Hall–Kier alpha value is -0.413. The SMILES string of the molecule is CC1=CC(=O)[C@@H]2[C@@H](O[Si](C)(C)C(C)(C)C)[C@H]1C2(C)C. The van der Waals surface area contributed by atoms with E-state index >= 15 is 0 Å². The van der Waals surface area contributed by atoms with Crippen molar-refractivity contribution in [3.8, 4) is 0 Å². The predicted molar refractivity (Wildman–Crippen MR) is 81.6 cm³/mol. The Balaban J connectivity index is 2.27. The predicted octanol–water partition coefficient (Wildman–Crippen LogP) is 4.18. The lowest BCUT2D eigenvalue weighted by Gasteiger charge is -2.62. The summed E-state index contributed by atoms with van der Waals surface area (Å²) >= 11 is 0. The van der Waals surface area contributed by atoms with Crippen molar-refractivity contribution in [2.45, 2.75) is 65.8 Å². The van der Waals surface area contributed by atoms with E-state index in [4.69, 9.17) is 4.43 Å². The summed E-state index contributed by atoms with van der Waals surface area (Å²) in [5.41, 5.74) is 1.28. The average Bonchev–Trinajstić information content (AvgIpc) is 2.11. The van der Waals surface area contributed by atoms with Crippen molar-refractivity contribution in [1.29, 1.82) is 0 Å². The quantitative estimate of drug-likeness (QED) is 0.709. The minimum Gasteiger partial charge on any atom is -0.413 e. The Morgan fingerprint density at radius 1 is 1.21 bits per heavy atom. The second-order valence-corrected chi connectivity index (χ2v) is 13.2. The van der Waals surface area contributed by atoms with Crippen LogP contribution in [0.3, 0.4) is 0 Å². The Morgan fingerprint density at radius 3 is 2.11 bits per heavy atom. The highest BCUT2D eigenvalue weighted by molar-refractivity contribution is 6.74. The fourth-order valence-corrected chi connectivity index (χ4v) is 4.85. The van der Waals surface area contributed by atoms with E-state index in [9.17, 15) is 4.79 Å². The number of fused-ring (bicyclic) bond motifs is 1. The van der Waals surface area contributed by atoms with Gasteiger partial charge in [0.05, 0.1) is 12.0 Å². The monoisotopic (exact) mass is 280 g/mol. The van der Waals surface area contributed by atoms with Gasteiger partial charge in [0.2, 0.25) is 0 Å². The van der Waals surface area contributed by atoms with Crippen molar-refractivity contribution < 1.29 is 9.22 Å². The summed E-state index contributed by atoms with van der Waals surface area (Å²) in [5, 5.41) is 0.196. The molecule has 1 fully saturated rings. The molecular weight excluding hydrogens is 252 g/mol. The molecule has 3 rings (SSSR count). The van der Waals surface area contributed by atoms with Gasteiger partial charge in [-0.2, -0.15) is 0 Å². The molecule has 3 atom stereocenters. The van der Waals surface area contributed by atoms with Crippen molar-refractivity contribution in [3.05, 3.63) is 11.6 Å². The minimum atomic E-state index is -1.80. The number of rotatable bonds is 2. The number of hydrogen-bond acceptors (Lipinski definition) is 2. The van der Waals surface area contributed by atoms with Gasteiger partial charge in [-0.25, -0.2) is 0 Å². The molecule has 19 heavy (non-hydrogen) atoms. The van der Waals surface area contributed by atoms with Crippen molar-refractivity contribution in [2.75, 3.05) is 0 Å². The van der Waals surface area contributed by atoms with Gasteiger partial charge in [-0.3, -0.25) is 4.79 Å². The zero-order valence-electron chi connectivity index (χ0n) is 13.6. The smallest absolute Gasteiger partial charge is 0.192 e. The van der Waals surface area contributed by atoms with Crippen LogP contribution >= 0.6 is 0 Å². The number of hydrogen-bond donors (Lipinski definition) is 0. The van der Waals surface area contributed by atoms with Crippen LogP contribution < -0.4 is 0 Å². The minimum absolute atomic E-state index is 0.0651.